The predicted molar refractivity (Wildman–Crippen MR) is 77.8 cm³/mol. The highest BCUT2D eigenvalue weighted by atomic mass is 79.9. The second-order valence-corrected chi connectivity index (χ2v) is 5.47. The molecule has 2 aromatic carbocycles. The minimum Gasteiger partial charge on any atom is -0.496 e. The van der Waals surface area contributed by atoms with Crippen LogP contribution >= 0.6 is 15.9 Å². The third-order valence-corrected chi connectivity index (χ3v) is 4.07. The zero-order chi connectivity index (χ0) is 15.7. The molecule has 0 aliphatic heterocycles. The van der Waals surface area contributed by atoms with Gasteiger partial charge in [-0.15, -0.1) is 0 Å². The highest BCUT2D eigenvalue weighted by Crippen LogP contribution is 2.33. The maximum Gasteiger partial charge on any atom is 0.194 e. The maximum absolute atomic E-state index is 13.3. The number of hydrogen-bond acceptors (Lipinski definition) is 2. The Balaban J connectivity index is 2.54. The summed E-state index contributed by atoms with van der Waals surface area (Å²) >= 11 is 3.37. The minimum atomic E-state index is -1.51. The second kappa shape index (κ2) is 6.07. The van der Waals surface area contributed by atoms with Gasteiger partial charge >= 0.3 is 0 Å². The van der Waals surface area contributed by atoms with Gasteiger partial charge in [0.25, 0.3) is 0 Å². The van der Waals surface area contributed by atoms with Crippen molar-refractivity contribution in [3.05, 3.63) is 62.9 Å². The SMILES string of the molecule is COc1cc(C)c(Br)cc1C(N)c1cc(F)c(F)c(F)c1. The van der Waals surface area contributed by atoms with Gasteiger partial charge in [0.1, 0.15) is 5.75 Å². The van der Waals surface area contributed by atoms with Gasteiger partial charge in [0, 0.05) is 10.0 Å². The van der Waals surface area contributed by atoms with Gasteiger partial charge in [-0.3, -0.25) is 0 Å². The van der Waals surface area contributed by atoms with Crippen LogP contribution in [0.1, 0.15) is 22.7 Å². The number of hydrogen-bond donors (Lipinski definition) is 1. The molecule has 0 saturated carbocycles. The molecule has 2 N–H and O–H groups in total. The molecule has 112 valence electrons. The van der Waals surface area contributed by atoms with Gasteiger partial charge in [0.2, 0.25) is 0 Å². The Morgan fingerprint density at radius 1 is 1.10 bits per heavy atom. The van der Waals surface area contributed by atoms with Gasteiger partial charge < -0.3 is 10.5 Å². The van der Waals surface area contributed by atoms with Crippen molar-refractivity contribution in [1.82, 2.24) is 0 Å². The number of aryl methyl sites for hydroxylation is 1. The molecule has 0 aromatic heterocycles. The van der Waals surface area contributed by atoms with E-state index < -0.39 is 23.5 Å². The smallest absolute Gasteiger partial charge is 0.194 e. The molecule has 0 spiro atoms. The van der Waals surface area contributed by atoms with E-state index in [1.54, 1.807) is 12.1 Å². The molecule has 0 heterocycles. The van der Waals surface area contributed by atoms with Crippen molar-refractivity contribution >= 4 is 15.9 Å². The van der Waals surface area contributed by atoms with Crippen LogP contribution < -0.4 is 10.5 Å². The van der Waals surface area contributed by atoms with Gasteiger partial charge in [-0.05, 0) is 42.3 Å². The van der Waals surface area contributed by atoms with Gasteiger partial charge in [0.05, 0.1) is 13.2 Å². The summed E-state index contributed by atoms with van der Waals surface area (Å²) in [7, 11) is 1.48. The largest absolute Gasteiger partial charge is 0.496 e. The molecule has 6 heteroatoms. The Bertz CT molecular complexity index is 668. The topological polar surface area (TPSA) is 35.2 Å². The predicted octanol–water partition coefficient (Wildman–Crippen LogP) is 4.23. The summed E-state index contributed by atoms with van der Waals surface area (Å²) in [5.74, 6) is -3.56. The van der Waals surface area contributed by atoms with Crippen molar-refractivity contribution in [1.29, 1.82) is 0 Å². The van der Waals surface area contributed by atoms with E-state index in [2.05, 4.69) is 15.9 Å². The highest BCUT2D eigenvalue weighted by Gasteiger charge is 2.19. The van der Waals surface area contributed by atoms with E-state index in [0.717, 1.165) is 22.2 Å². The fourth-order valence-electron chi connectivity index (χ4n) is 2.02. The van der Waals surface area contributed by atoms with E-state index >= 15 is 0 Å². The molecule has 0 amide bonds. The summed E-state index contributed by atoms with van der Waals surface area (Å²) in [6.07, 6.45) is 0. The van der Waals surface area contributed by atoms with E-state index in [4.69, 9.17) is 10.5 Å². The minimum absolute atomic E-state index is 0.125. The van der Waals surface area contributed by atoms with E-state index in [0.29, 0.717) is 11.3 Å². The molecule has 0 aliphatic rings. The van der Waals surface area contributed by atoms with Crippen LogP contribution in [0, 0.1) is 24.4 Å². The fraction of sp³-hybridized carbons (Fsp3) is 0.200. The van der Waals surface area contributed by atoms with Crippen LogP contribution in [0.5, 0.6) is 5.75 Å². The third-order valence-electron chi connectivity index (χ3n) is 3.21. The van der Waals surface area contributed by atoms with Crippen LogP contribution in [-0.2, 0) is 0 Å². The number of halogens is 4. The van der Waals surface area contributed by atoms with E-state index in [1.165, 1.54) is 7.11 Å². The molecule has 1 unspecified atom stereocenters. The molecule has 0 radical (unpaired) electrons. The van der Waals surface area contributed by atoms with Gasteiger partial charge in [0.15, 0.2) is 17.5 Å². The Morgan fingerprint density at radius 2 is 1.67 bits per heavy atom. The Labute approximate surface area is 128 Å². The quantitative estimate of drug-likeness (QED) is 0.832. The van der Waals surface area contributed by atoms with Crippen LogP contribution in [0.3, 0.4) is 0 Å². The Kier molecular flexibility index (Phi) is 4.58. The lowest BCUT2D eigenvalue weighted by Crippen LogP contribution is -2.14. The van der Waals surface area contributed by atoms with Crippen molar-refractivity contribution in [3.8, 4) is 5.75 Å². The first-order chi connectivity index (χ1) is 9.85. The summed E-state index contributed by atoms with van der Waals surface area (Å²) in [6, 6.07) is 4.40. The third kappa shape index (κ3) is 3.06. The summed E-state index contributed by atoms with van der Waals surface area (Å²) in [6.45, 7) is 1.87. The molecule has 2 aromatic rings. The summed E-state index contributed by atoms with van der Waals surface area (Å²) in [5, 5.41) is 0. The van der Waals surface area contributed by atoms with E-state index in [9.17, 15) is 13.2 Å². The highest BCUT2D eigenvalue weighted by molar-refractivity contribution is 9.10. The van der Waals surface area contributed by atoms with Crippen molar-refractivity contribution in [2.45, 2.75) is 13.0 Å². The molecular weight excluding hydrogens is 347 g/mol. The van der Waals surface area contributed by atoms with Crippen LogP contribution in [0.4, 0.5) is 13.2 Å². The average molecular weight is 360 g/mol. The van der Waals surface area contributed by atoms with Crippen LogP contribution in [0.2, 0.25) is 0 Å². The van der Waals surface area contributed by atoms with Crippen molar-refractivity contribution < 1.29 is 17.9 Å². The molecule has 0 aliphatic carbocycles. The lowest BCUT2D eigenvalue weighted by molar-refractivity contribution is 0.407. The van der Waals surface area contributed by atoms with Crippen LogP contribution in [0.15, 0.2) is 28.7 Å². The normalized spacial score (nSPS) is 12.3. The zero-order valence-electron chi connectivity index (χ0n) is 11.4. The number of ether oxygens (including phenoxy) is 1. The standard InChI is InChI=1S/C15H13BrF3NO/c1-7-3-13(21-2)9(6-10(7)16)15(20)8-4-11(17)14(19)12(18)5-8/h3-6,15H,20H2,1-2H3. The lowest BCUT2D eigenvalue weighted by atomic mass is 9.97. The van der Waals surface area contributed by atoms with E-state index in [-0.39, 0.29) is 5.56 Å². The van der Waals surface area contributed by atoms with Crippen molar-refractivity contribution in [2.75, 3.05) is 7.11 Å². The first-order valence-corrected chi connectivity index (χ1v) is 6.88. The average Bonchev–Trinajstić information content (AvgIpc) is 2.45. The molecule has 21 heavy (non-hydrogen) atoms. The first kappa shape index (κ1) is 15.9. The summed E-state index contributed by atoms with van der Waals surface area (Å²) in [5.41, 5.74) is 7.64. The van der Waals surface area contributed by atoms with E-state index in [1.807, 2.05) is 6.92 Å². The van der Waals surface area contributed by atoms with Crippen LogP contribution in [-0.4, -0.2) is 7.11 Å². The Morgan fingerprint density at radius 3 is 2.19 bits per heavy atom. The fourth-order valence-corrected chi connectivity index (χ4v) is 2.39. The Hall–Kier alpha value is -1.53. The monoisotopic (exact) mass is 359 g/mol. The number of nitrogens with two attached hydrogens (primary N) is 1. The second-order valence-electron chi connectivity index (χ2n) is 4.62. The zero-order valence-corrected chi connectivity index (χ0v) is 13.0. The first-order valence-electron chi connectivity index (χ1n) is 6.09. The van der Waals surface area contributed by atoms with Gasteiger partial charge in [-0.25, -0.2) is 13.2 Å². The molecule has 0 bridgehead atoms. The molecule has 0 fully saturated rings. The summed E-state index contributed by atoms with van der Waals surface area (Å²) in [4.78, 5) is 0. The number of benzene rings is 2. The maximum atomic E-state index is 13.3. The van der Waals surface area contributed by atoms with Crippen molar-refractivity contribution in [3.63, 3.8) is 0 Å². The number of rotatable bonds is 3. The molecular formula is C15H13BrF3NO. The van der Waals surface area contributed by atoms with Gasteiger partial charge in [-0.1, -0.05) is 15.9 Å². The molecule has 2 rings (SSSR count). The van der Waals surface area contributed by atoms with Crippen molar-refractivity contribution in [2.24, 2.45) is 5.73 Å². The van der Waals surface area contributed by atoms with Crippen LogP contribution in [0.25, 0.3) is 0 Å². The molecule has 2 nitrogen and oxygen atoms in total. The molecule has 0 saturated heterocycles. The lowest BCUT2D eigenvalue weighted by Gasteiger charge is -2.18. The number of methoxy groups -OCH3 is 1. The molecule has 1 atom stereocenters. The summed E-state index contributed by atoms with van der Waals surface area (Å²) < 4.78 is 45.7. The van der Waals surface area contributed by atoms with Gasteiger partial charge in [-0.2, -0.15) is 0 Å².